The molecule has 0 aliphatic heterocycles. The number of halogens is 3. The summed E-state index contributed by atoms with van der Waals surface area (Å²) in [5.74, 6) is 0. The van der Waals surface area contributed by atoms with Crippen LogP contribution in [0.15, 0.2) is 0 Å². The highest BCUT2D eigenvalue weighted by Crippen LogP contribution is 2.47. The maximum atomic E-state index is 12.7. The highest BCUT2D eigenvalue weighted by molar-refractivity contribution is 4.86. The van der Waals surface area contributed by atoms with Gasteiger partial charge in [-0.3, -0.25) is 0 Å². The number of hydrogen-bond donors (Lipinski definition) is 1. The van der Waals surface area contributed by atoms with Gasteiger partial charge in [0.15, 0.2) is 0 Å². The Balaban J connectivity index is 4.74. The predicted octanol–water partition coefficient (Wildman–Crippen LogP) is 3.37. The van der Waals surface area contributed by atoms with Crippen molar-refractivity contribution in [3.05, 3.63) is 0 Å². The van der Waals surface area contributed by atoms with Gasteiger partial charge in [-0.1, -0.05) is 27.7 Å². The van der Waals surface area contributed by atoms with Crippen LogP contribution in [0, 0.1) is 10.8 Å². The minimum absolute atomic E-state index is 0.0416. The molecular formula is C10H19F3O. The Morgan fingerprint density at radius 1 is 1.07 bits per heavy atom. The van der Waals surface area contributed by atoms with E-state index < -0.39 is 17.0 Å². The molecule has 0 bridgehead atoms. The lowest BCUT2D eigenvalue weighted by Gasteiger charge is -2.37. The maximum Gasteiger partial charge on any atom is 0.394 e. The fourth-order valence-electron chi connectivity index (χ4n) is 1.54. The molecule has 0 aromatic carbocycles. The molecule has 0 fully saturated rings. The monoisotopic (exact) mass is 212 g/mol. The molecule has 1 unspecified atom stereocenters. The van der Waals surface area contributed by atoms with Gasteiger partial charge in [0.25, 0.3) is 0 Å². The first kappa shape index (κ1) is 13.8. The van der Waals surface area contributed by atoms with E-state index in [4.69, 9.17) is 5.11 Å². The van der Waals surface area contributed by atoms with Crippen LogP contribution < -0.4 is 0 Å². The molecule has 0 saturated heterocycles. The Hall–Kier alpha value is -0.250. The standard InChI is InChI=1S/C10H19F3O/c1-5-9(4,10(11,12)13)6-8(2,3)7-14/h14H,5-7H2,1-4H3. The summed E-state index contributed by atoms with van der Waals surface area (Å²) in [5, 5.41) is 8.95. The van der Waals surface area contributed by atoms with Gasteiger partial charge >= 0.3 is 6.18 Å². The molecular weight excluding hydrogens is 193 g/mol. The summed E-state index contributed by atoms with van der Waals surface area (Å²) >= 11 is 0. The molecule has 1 nitrogen and oxygen atoms in total. The summed E-state index contributed by atoms with van der Waals surface area (Å²) in [6.07, 6.45) is -4.20. The minimum atomic E-state index is -4.20. The van der Waals surface area contributed by atoms with Crippen LogP contribution in [0.5, 0.6) is 0 Å². The molecule has 0 aliphatic rings. The van der Waals surface area contributed by atoms with Gasteiger partial charge in [-0.05, 0) is 18.3 Å². The quantitative estimate of drug-likeness (QED) is 0.757. The second-order valence-electron chi connectivity index (χ2n) is 4.91. The van der Waals surface area contributed by atoms with Crippen LogP contribution in [0.4, 0.5) is 13.2 Å². The van der Waals surface area contributed by atoms with Gasteiger partial charge in [-0.25, -0.2) is 0 Å². The fraction of sp³-hybridized carbons (Fsp3) is 1.00. The molecule has 0 rings (SSSR count). The van der Waals surface area contributed by atoms with E-state index in [2.05, 4.69) is 0 Å². The summed E-state index contributed by atoms with van der Waals surface area (Å²) < 4.78 is 38.1. The van der Waals surface area contributed by atoms with Crippen LogP contribution in [0.2, 0.25) is 0 Å². The summed E-state index contributed by atoms with van der Waals surface area (Å²) in [4.78, 5) is 0. The van der Waals surface area contributed by atoms with E-state index in [1.54, 1.807) is 13.8 Å². The van der Waals surface area contributed by atoms with E-state index in [0.29, 0.717) is 0 Å². The summed E-state index contributed by atoms with van der Waals surface area (Å²) in [7, 11) is 0. The van der Waals surface area contributed by atoms with Crippen LogP contribution in [0.1, 0.15) is 40.5 Å². The minimum Gasteiger partial charge on any atom is -0.396 e. The lowest BCUT2D eigenvalue weighted by Crippen LogP contribution is -2.39. The lowest BCUT2D eigenvalue weighted by atomic mass is 9.72. The Labute approximate surface area is 83.3 Å². The number of aliphatic hydroxyl groups excluding tert-OH is 1. The van der Waals surface area contributed by atoms with E-state index in [0.717, 1.165) is 0 Å². The van der Waals surface area contributed by atoms with Crippen molar-refractivity contribution >= 4 is 0 Å². The van der Waals surface area contributed by atoms with E-state index in [-0.39, 0.29) is 19.4 Å². The van der Waals surface area contributed by atoms with Crippen molar-refractivity contribution in [3.8, 4) is 0 Å². The molecule has 4 heteroatoms. The Morgan fingerprint density at radius 3 is 1.71 bits per heavy atom. The van der Waals surface area contributed by atoms with Gasteiger partial charge in [0, 0.05) is 6.61 Å². The van der Waals surface area contributed by atoms with Crippen LogP contribution in [0.3, 0.4) is 0 Å². The normalized spacial score (nSPS) is 18.0. The number of rotatable bonds is 4. The molecule has 0 aromatic rings. The van der Waals surface area contributed by atoms with Crippen molar-refractivity contribution in [2.24, 2.45) is 10.8 Å². The van der Waals surface area contributed by atoms with Crippen molar-refractivity contribution < 1.29 is 18.3 Å². The second-order valence-corrected chi connectivity index (χ2v) is 4.91. The van der Waals surface area contributed by atoms with Crippen molar-refractivity contribution in [3.63, 3.8) is 0 Å². The first-order chi connectivity index (χ1) is 6.08. The van der Waals surface area contributed by atoms with Crippen molar-refractivity contribution in [1.82, 2.24) is 0 Å². The summed E-state index contributed by atoms with van der Waals surface area (Å²) in [6.45, 7) is 5.81. The van der Waals surface area contributed by atoms with Gasteiger partial charge in [0.2, 0.25) is 0 Å². The molecule has 86 valence electrons. The van der Waals surface area contributed by atoms with Crippen LogP contribution in [0.25, 0.3) is 0 Å². The van der Waals surface area contributed by atoms with Crippen LogP contribution >= 0.6 is 0 Å². The predicted molar refractivity (Wildman–Crippen MR) is 49.9 cm³/mol. The molecule has 0 aliphatic carbocycles. The maximum absolute atomic E-state index is 12.7. The molecule has 1 atom stereocenters. The summed E-state index contributed by atoms with van der Waals surface area (Å²) in [6, 6.07) is 0. The third kappa shape index (κ3) is 3.15. The number of alkyl halides is 3. The zero-order chi connectivity index (χ0) is 11.6. The highest BCUT2D eigenvalue weighted by Gasteiger charge is 2.51. The fourth-order valence-corrected chi connectivity index (χ4v) is 1.54. The molecule has 1 N–H and O–H groups in total. The van der Waals surface area contributed by atoms with Crippen LogP contribution in [-0.4, -0.2) is 17.9 Å². The van der Waals surface area contributed by atoms with E-state index in [9.17, 15) is 13.2 Å². The van der Waals surface area contributed by atoms with Gasteiger partial charge in [-0.15, -0.1) is 0 Å². The average molecular weight is 212 g/mol. The number of hydrogen-bond acceptors (Lipinski definition) is 1. The molecule has 0 saturated carbocycles. The Bertz CT molecular complexity index is 186. The first-order valence-corrected chi connectivity index (χ1v) is 4.75. The highest BCUT2D eigenvalue weighted by atomic mass is 19.4. The Morgan fingerprint density at radius 2 is 1.50 bits per heavy atom. The van der Waals surface area contributed by atoms with E-state index in [1.807, 2.05) is 0 Å². The van der Waals surface area contributed by atoms with E-state index in [1.165, 1.54) is 13.8 Å². The second kappa shape index (κ2) is 4.09. The largest absolute Gasteiger partial charge is 0.396 e. The van der Waals surface area contributed by atoms with Crippen molar-refractivity contribution in [2.75, 3.05) is 6.61 Å². The van der Waals surface area contributed by atoms with Gasteiger partial charge in [0.1, 0.15) is 0 Å². The summed E-state index contributed by atoms with van der Waals surface area (Å²) in [5.41, 5.74) is -2.38. The first-order valence-electron chi connectivity index (χ1n) is 4.75. The lowest BCUT2D eigenvalue weighted by molar-refractivity contribution is -0.229. The topological polar surface area (TPSA) is 20.2 Å². The van der Waals surface area contributed by atoms with Crippen LogP contribution in [-0.2, 0) is 0 Å². The molecule has 0 amide bonds. The van der Waals surface area contributed by atoms with Gasteiger partial charge < -0.3 is 5.11 Å². The average Bonchev–Trinajstić information content (AvgIpc) is 2.01. The molecule has 0 spiro atoms. The number of aliphatic hydroxyl groups is 1. The third-order valence-electron chi connectivity index (χ3n) is 2.76. The van der Waals surface area contributed by atoms with Crippen molar-refractivity contribution in [1.29, 1.82) is 0 Å². The zero-order valence-corrected chi connectivity index (χ0v) is 9.20. The third-order valence-corrected chi connectivity index (χ3v) is 2.76. The van der Waals surface area contributed by atoms with Gasteiger partial charge in [-0.2, -0.15) is 13.2 Å². The zero-order valence-electron chi connectivity index (χ0n) is 9.20. The SMILES string of the molecule is CCC(C)(CC(C)(C)CO)C(F)(F)F. The van der Waals surface area contributed by atoms with Gasteiger partial charge in [0.05, 0.1) is 5.41 Å². The van der Waals surface area contributed by atoms with E-state index >= 15 is 0 Å². The molecule has 0 radical (unpaired) electrons. The Kier molecular flexibility index (Phi) is 4.02. The molecule has 14 heavy (non-hydrogen) atoms. The smallest absolute Gasteiger partial charge is 0.394 e. The van der Waals surface area contributed by atoms with Crippen molar-refractivity contribution in [2.45, 2.75) is 46.7 Å². The molecule has 0 heterocycles. The molecule has 0 aromatic heterocycles.